The third-order valence-electron chi connectivity index (χ3n) is 4.16. The molecule has 0 spiro atoms. The maximum Gasteiger partial charge on any atom is 0.0320 e. The SMILES string of the molecule is CN1Cc2cc(N)cc3c2C(C)(CCC3)C1. The molecule has 2 nitrogen and oxygen atoms in total. The summed E-state index contributed by atoms with van der Waals surface area (Å²) < 4.78 is 0. The highest BCUT2D eigenvalue weighted by Gasteiger charge is 2.38. The van der Waals surface area contributed by atoms with Crippen molar-refractivity contribution in [3.63, 3.8) is 0 Å². The van der Waals surface area contributed by atoms with Gasteiger partial charge < -0.3 is 10.6 Å². The Kier molecular flexibility index (Phi) is 2.05. The van der Waals surface area contributed by atoms with Gasteiger partial charge in [0.15, 0.2) is 0 Å². The molecule has 1 unspecified atom stereocenters. The van der Waals surface area contributed by atoms with Crippen LogP contribution in [0.2, 0.25) is 0 Å². The van der Waals surface area contributed by atoms with Crippen LogP contribution in [0.5, 0.6) is 0 Å². The second-order valence-electron chi connectivity index (χ2n) is 5.80. The van der Waals surface area contributed by atoms with Crippen LogP contribution in [0.15, 0.2) is 12.1 Å². The number of rotatable bonds is 0. The largest absolute Gasteiger partial charge is 0.399 e. The van der Waals surface area contributed by atoms with E-state index in [0.717, 1.165) is 12.2 Å². The number of nitrogens with zero attached hydrogens (tertiary/aromatic N) is 1. The maximum atomic E-state index is 6.00. The van der Waals surface area contributed by atoms with Crippen molar-refractivity contribution >= 4 is 5.69 Å². The Bertz CT molecular complexity index is 439. The molecule has 0 saturated carbocycles. The minimum atomic E-state index is 0.365. The molecule has 0 radical (unpaired) electrons. The monoisotopic (exact) mass is 216 g/mol. The zero-order valence-electron chi connectivity index (χ0n) is 10.2. The molecular weight excluding hydrogens is 196 g/mol. The number of nitrogens with two attached hydrogens (primary N) is 1. The third kappa shape index (κ3) is 1.36. The predicted molar refractivity (Wildman–Crippen MR) is 67.5 cm³/mol. The summed E-state index contributed by atoms with van der Waals surface area (Å²) in [5.41, 5.74) is 11.9. The standard InChI is InChI=1S/C14H20N2/c1-14-5-3-4-10-6-12(15)7-11(13(10)14)8-16(2)9-14/h6-7H,3-5,8-9,15H2,1-2H3. The molecule has 2 heteroatoms. The van der Waals surface area contributed by atoms with Crippen LogP contribution in [0.4, 0.5) is 5.69 Å². The number of hydrogen-bond donors (Lipinski definition) is 1. The van der Waals surface area contributed by atoms with Gasteiger partial charge in [-0.25, -0.2) is 0 Å². The molecule has 0 fully saturated rings. The second kappa shape index (κ2) is 3.24. The van der Waals surface area contributed by atoms with Crippen LogP contribution in [0.1, 0.15) is 36.5 Å². The van der Waals surface area contributed by atoms with Crippen LogP contribution < -0.4 is 5.73 Å². The molecule has 1 aliphatic carbocycles. The second-order valence-corrected chi connectivity index (χ2v) is 5.80. The molecule has 0 aromatic heterocycles. The summed E-state index contributed by atoms with van der Waals surface area (Å²) in [5, 5.41) is 0. The number of hydrogen-bond acceptors (Lipinski definition) is 2. The van der Waals surface area contributed by atoms with Gasteiger partial charge in [-0.1, -0.05) is 6.92 Å². The first kappa shape index (κ1) is 10.2. The topological polar surface area (TPSA) is 29.3 Å². The molecule has 0 saturated heterocycles. The van der Waals surface area contributed by atoms with Crippen molar-refractivity contribution in [1.29, 1.82) is 0 Å². The zero-order valence-corrected chi connectivity index (χ0v) is 10.2. The number of benzene rings is 1. The smallest absolute Gasteiger partial charge is 0.0320 e. The van der Waals surface area contributed by atoms with Crippen molar-refractivity contribution in [2.75, 3.05) is 19.3 Å². The fourth-order valence-electron chi connectivity index (χ4n) is 3.79. The van der Waals surface area contributed by atoms with Crippen LogP contribution >= 0.6 is 0 Å². The normalized spacial score (nSPS) is 28.9. The molecule has 0 amide bonds. The minimum absolute atomic E-state index is 0.365. The first-order valence-corrected chi connectivity index (χ1v) is 6.19. The van der Waals surface area contributed by atoms with Crippen molar-refractivity contribution in [3.8, 4) is 0 Å². The summed E-state index contributed by atoms with van der Waals surface area (Å²) in [4.78, 5) is 2.43. The van der Waals surface area contributed by atoms with Crippen molar-refractivity contribution in [1.82, 2.24) is 4.90 Å². The predicted octanol–water partition coefficient (Wildman–Crippen LogP) is 2.31. The quantitative estimate of drug-likeness (QED) is 0.674. The number of likely N-dealkylation sites (N-methyl/N-ethyl adjacent to an activating group) is 1. The van der Waals surface area contributed by atoms with Gasteiger partial charge in [0.05, 0.1) is 0 Å². The number of anilines is 1. The Morgan fingerprint density at radius 2 is 2.06 bits per heavy atom. The number of nitrogen functional groups attached to an aromatic ring is 1. The molecule has 2 N–H and O–H groups in total. The van der Waals surface area contributed by atoms with Crippen molar-refractivity contribution in [2.45, 2.75) is 38.1 Å². The lowest BCUT2D eigenvalue weighted by Crippen LogP contribution is -2.44. The summed E-state index contributed by atoms with van der Waals surface area (Å²) in [5.74, 6) is 0. The van der Waals surface area contributed by atoms with E-state index in [2.05, 4.69) is 31.0 Å². The van der Waals surface area contributed by atoms with Crippen molar-refractivity contribution in [3.05, 3.63) is 28.8 Å². The van der Waals surface area contributed by atoms with E-state index in [0.29, 0.717) is 5.41 Å². The van der Waals surface area contributed by atoms with Crippen molar-refractivity contribution in [2.24, 2.45) is 0 Å². The molecule has 86 valence electrons. The summed E-state index contributed by atoms with van der Waals surface area (Å²) in [6.07, 6.45) is 3.84. The van der Waals surface area contributed by atoms with Gasteiger partial charge >= 0.3 is 0 Å². The first-order valence-electron chi connectivity index (χ1n) is 6.19. The van der Waals surface area contributed by atoms with Gasteiger partial charge in [-0.3, -0.25) is 0 Å². The molecule has 2 aliphatic rings. The Hall–Kier alpha value is -1.02. The van der Waals surface area contributed by atoms with Crippen molar-refractivity contribution < 1.29 is 0 Å². The molecule has 1 aliphatic heterocycles. The van der Waals surface area contributed by atoms with E-state index >= 15 is 0 Å². The minimum Gasteiger partial charge on any atom is -0.399 e. The lowest BCUT2D eigenvalue weighted by atomic mass is 9.67. The van der Waals surface area contributed by atoms with Crippen LogP contribution in [0, 0.1) is 0 Å². The molecule has 16 heavy (non-hydrogen) atoms. The molecule has 0 bridgehead atoms. The van der Waals surface area contributed by atoms with Crippen LogP contribution in [-0.2, 0) is 18.4 Å². The Morgan fingerprint density at radius 1 is 1.31 bits per heavy atom. The average molecular weight is 216 g/mol. The van der Waals surface area contributed by atoms with Gasteiger partial charge in [-0.05, 0) is 55.1 Å². The molecule has 1 atom stereocenters. The van der Waals surface area contributed by atoms with Gasteiger partial charge in [0.2, 0.25) is 0 Å². The molecule has 3 rings (SSSR count). The van der Waals surface area contributed by atoms with Gasteiger partial charge in [-0.2, -0.15) is 0 Å². The van der Waals surface area contributed by atoms with Gasteiger partial charge in [0.25, 0.3) is 0 Å². The fourth-order valence-corrected chi connectivity index (χ4v) is 3.79. The highest BCUT2D eigenvalue weighted by atomic mass is 15.1. The zero-order chi connectivity index (χ0) is 11.3. The Labute approximate surface area is 97.4 Å². The first-order chi connectivity index (χ1) is 7.58. The lowest BCUT2D eigenvalue weighted by molar-refractivity contribution is 0.203. The summed E-state index contributed by atoms with van der Waals surface area (Å²) in [6, 6.07) is 4.37. The van der Waals surface area contributed by atoms with E-state index in [9.17, 15) is 0 Å². The maximum absolute atomic E-state index is 6.00. The Morgan fingerprint density at radius 3 is 2.88 bits per heavy atom. The van der Waals surface area contributed by atoms with Gasteiger partial charge in [0, 0.05) is 24.2 Å². The van der Waals surface area contributed by atoms with Gasteiger partial charge in [-0.15, -0.1) is 0 Å². The Balaban J connectivity index is 2.23. The van der Waals surface area contributed by atoms with E-state index < -0.39 is 0 Å². The number of aryl methyl sites for hydroxylation is 1. The van der Waals surface area contributed by atoms with E-state index in [-0.39, 0.29) is 0 Å². The lowest BCUT2D eigenvalue weighted by Gasteiger charge is -2.44. The fraction of sp³-hybridized carbons (Fsp3) is 0.571. The highest BCUT2D eigenvalue weighted by Crippen LogP contribution is 2.43. The van der Waals surface area contributed by atoms with E-state index in [1.807, 2.05) is 0 Å². The van der Waals surface area contributed by atoms with E-state index in [1.54, 1.807) is 5.56 Å². The van der Waals surface area contributed by atoms with Crippen LogP contribution in [0.25, 0.3) is 0 Å². The summed E-state index contributed by atoms with van der Waals surface area (Å²) >= 11 is 0. The van der Waals surface area contributed by atoms with E-state index in [4.69, 9.17) is 5.73 Å². The van der Waals surface area contributed by atoms with Crippen LogP contribution in [-0.4, -0.2) is 18.5 Å². The molecular formula is C14H20N2. The molecule has 1 aromatic carbocycles. The summed E-state index contributed by atoms with van der Waals surface area (Å²) in [7, 11) is 2.21. The molecule has 1 heterocycles. The highest BCUT2D eigenvalue weighted by molar-refractivity contribution is 5.54. The molecule has 1 aromatic rings. The summed E-state index contributed by atoms with van der Waals surface area (Å²) in [6.45, 7) is 4.67. The van der Waals surface area contributed by atoms with Gasteiger partial charge in [0.1, 0.15) is 0 Å². The van der Waals surface area contributed by atoms with Crippen LogP contribution in [0.3, 0.4) is 0 Å². The average Bonchev–Trinajstić information content (AvgIpc) is 2.14. The van der Waals surface area contributed by atoms with E-state index in [1.165, 1.54) is 36.9 Å². The third-order valence-corrected chi connectivity index (χ3v) is 4.16.